The summed E-state index contributed by atoms with van der Waals surface area (Å²) in [5.41, 5.74) is 3.22. The lowest BCUT2D eigenvalue weighted by molar-refractivity contribution is -0.115. The van der Waals surface area contributed by atoms with Crippen molar-refractivity contribution < 1.29 is 4.79 Å². The first-order chi connectivity index (χ1) is 13.5. The fourth-order valence-corrected chi connectivity index (χ4v) is 2.61. The van der Waals surface area contributed by atoms with E-state index in [1.54, 1.807) is 23.9 Å². The molecule has 0 atom stereocenters. The van der Waals surface area contributed by atoms with Gasteiger partial charge in [-0.25, -0.2) is 9.97 Å². The first kappa shape index (κ1) is 18.8. The number of benzene rings is 1. The number of anilines is 4. The molecule has 0 aliphatic rings. The Kier molecular flexibility index (Phi) is 5.50. The van der Waals surface area contributed by atoms with E-state index >= 15 is 0 Å². The summed E-state index contributed by atoms with van der Waals surface area (Å²) in [6, 6.07) is 11.0. The maximum absolute atomic E-state index is 11.7. The third-order valence-electron chi connectivity index (χ3n) is 3.98. The quantitative estimate of drug-likeness (QED) is 0.605. The van der Waals surface area contributed by atoms with Gasteiger partial charge in [0.05, 0.1) is 11.8 Å². The van der Waals surface area contributed by atoms with Gasteiger partial charge >= 0.3 is 0 Å². The maximum atomic E-state index is 11.7. The first-order valence-electron chi connectivity index (χ1n) is 8.61. The van der Waals surface area contributed by atoms with Crippen LogP contribution in [0.25, 0.3) is 5.82 Å². The fraction of sp³-hybridized carbons (Fsp3) is 0.211. The zero-order valence-corrected chi connectivity index (χ0v) is 15.8. The average molecular weight is 376 g/mol. The zero-order chi connectivity index (χ0) is 20.1. The standard InChI is InChI=1S/C19H20N8O/c1-12-4-5-14(24-19(28)6-7-20)9-15(12)25-18-8-13(2)26-27(18)17-10-16(21-3)22-11-23-17/h4-5,8-11,25H,6H2,1-3H3,(H,24,28)(H,21,22,23). The predicted molar refractivity (Wildman–Crippen MR) is 107 cm³/mol. The molecule has 9 heteroatoms. The molecule has 28 heavy (non-hydrogen) atoms. The molecule has 0 spiro atoms. The summed E-state index contributed by atoms with van der Waals surface area (Å²) in [6.45, 7) is 3.85. The smallest absolute Gasteiger partial charge is 0.238 e. The Labute approximate surface area is 162 Å². The monoisotopic (exact) mass is 376 g/mol. The number of aromatic nitrogens is 4. The van der Waals surface area contributed by atoms with Crippen LogP contribution in [0.2, 0.25) is 0 Å². The summed E-state index contributed by atoms with van der Waals surface area (Å²) >= 11 is 0. The van der Waals surface area contributed by atoms with Crippen LogP contribution in [0.5, 0.6) is 0 Å². The Morgan fingerprint density at radius 3 is 2.79 bits per heavy atom. The summed E-state index contributed by atoms with van der Waals surface area (Å²) in [7, 11) is 1.79. The second kappa shape index (κ2) is 8.18. The summed E-state index contributed by atoms with van der Waals surface area (Å²) in [4.78, 5) is 20.1. The van der Waals surface area contributed by atoms with Gasteiger partial charge in [0, 0.05) is 30.6 Å². The molecule has 0 fully saturated rings. The molecule has 0 saturated carbocycles. The molecular weight excluding hydrogens is 356 g/mol. The molecule has 3 aromatic rings. The van der Waals surface area contributed by atoms with E-state index < -0.39 is 0 Å². The Bertz CT molecular complexity index is 1050. The number of nitrogens with one attached hydrogen (secondary N) is 3. The molecule has 9 nitrogen and oxygen atoms in total. The number of nitriles is 1. The SMILES string of the molecule is CNc1cc(-n2nc(C)cc2Nc2cc(NC(=O)CC#N)ccc2C)ncn1. The average Bonchev–Trinajstić information content (AvgIpc) is 3.05. The minimum atomic E-state index is -0.348. The molecule has 1 aromatic carbocycles. The largest absolute Gasteiger partial charge is 0.373 e. The fourth-order valence-electron chi connectivity index (χ4n) is 2.61. The summed E-state index contributed by atoms with van der Waals surface area (Å²) in [5.74, 6) is 1.68. The van der Waals surface area contributed by atoms with E-state index in [2.05, 4.69) is 31.0 Å². The van der Waals surface area contributed by atoms with Crippen molar-refractivity contribution in [2.75, 3.05) is 23.0 Å². The highest BCUT2D eigenvalue weighted by molar-refractivity contribution is 5.92. The van der Waals surface area contributed by atoms with Crippen molar-refractivity contribution in [2.24, 2.45) is 0 Å². The second-order valence-corrected chi connectivity index (χ2v) is 6.13. The normalized spacial score (nSPS) is 10.2. The lowest BCUT2D eigenvalue weighted by Crippen LogP contribution is -2.11. The van der Waals surface area contributed by atoms with Crippen molar-refractivity contribution in [2.45, 2.75) is 20.3 Å². The van der Waals surface area contributed by atoms with Crippen LogP contribution in [0.3, 0.4) is 0 Å². The zero-order valence-electron chi connectivity index (χ0n) is 15.8. The number of carbonyl (C=O) groups is 1. The van der Waals surface area contributed by atoms with Crippen molar-refractivity contribution in [3.63, 3.8) is 0 Å². The predicted octanol–water partition coefficient (Wildman–Crippen LogP) is 2.92. The number of nitrogens with zero attached hydrogens (tertiary/aromatic N) is 5. The molecule has 0 radical (unpaired) electrons. The minimum absolute atomic E-state index is 0.190. The van der Waals surface area contributed by atoms with Crippen LogP contribution in [-0.4, -0.2) is 32.7 Å². The highest BCUT2D eigenvalue weighted by Gasteiger charge is 2.12. The van der Waals surface area contributed by atoms with Crippen molar-refractivity contribution >= 4 is 28.9 Å². The van der Waals surface area contributed by atoms with Gasteiger partial charge in [-0.1, -0.05) is 6.07 Å². The van der Waals surface area contributed by atoms with E-state index in [0.717, 1.165) is 22.8 Å². The van der Waals surface area contributed by atoms with Gasteiger partial charge in [0.2, 0.25) is 5.91 Å². The van der Waals surface area contributed by atoms with Gasteiger partial charge < -0.3 is 16.0 Å². The molecule has 2 aromatic heterocycles. The van der Waals surface area contributed by atoms with Crippen LogP contribution in [0.4, 0.5) is 23.0 Å². The molecule has 142 valence electrons. The van der Waals surface area contributed by atoms with E-state index in [4.69, 9.17) is 5.26 Å². The van der Waals surface area contributed by atoms with Crippen LogP contribution >= 0.6 is 0 Å². The number of rotatable bonds is 6. The topological polar surface area (TPSA) is 121 Å². The van der Waals surface area contributed by atoms with E-state index in [9.17, 15) is 4.79 Å². The van der Waals surface area contributed by atoms with Gasteiger partial charge in [-0.05, 0) is 31.5 Å². The van der Waals surface area contributed by atoms with E-state index in [1.165, 1.54) is 6.33 Å². The highest BCUT2D eigenvalue weighted by atomic mass is 16.1. The molecule has 0 bridgehead atoms. The third-order valence-corrected chi connectivity index (χ3v) is 3.98. The second-order valence-electron chi connectivity index (χ2n) is 6.13. The molecule has 2 heterocycles. The van der Waals surface area contributed by atoms with Gasteiger partial charge in [-0.3, -0.25) is 4.79 Å². The van der Waals surface area contributed by atoms with Crippen LogP contribution in [0, 0.1) is 25.2 Å². The number of hydrogen-bond donors (Lipinski definition) is 3. The first-order valence-corrected chi connectivity index (χ1v) is 8.61. The number of amides is 1. The van der Waals surface area contributed by atoms with Crippen LogP contribution in [0.1, 0.15) is 17.7 Å². The highest BCUT2D eigenvalue weighted by Crippen LogP contribution is 2.26. The van der Waals surface area contributed by atoms with Crippen molar-refractivity contribution in [1.82, 2.24) is 19.7 Å². The summed E-state index contributed by atoms with van der Waals surface area (Å²) < 4.78 is 1.69. The van der Waals surface area contributed by atoms with Crippen LogP contribution in [0.15, 0.2) is 36.7 Å². The Morgan fingerprint density at radius 1 is 1.21 bits per heavy atom. The lowest BCUT2D eigenvalue weighted by Gasteiger charge is -2.13. The van der Waals surface area contributed by atoms with E-state index in [1.807, 2.05) is 38.1 Å². The molecular formula is C19H20N8O. The summed E-state index contributed by atoms with van der Waals surface area (Å²) in [5, 5.41) is 22.2. The number of carbonyl (C=O) groups excluding carboxylic acids is 1. The van der Waals surface area contributed by atoms with Gasteiger partial charge in [-0.2, -0.15) is 15.0 Å². The van der Waals surface area contributed by atoms with Gasteiger partial charge in [-0.15, -0.1) is 0 Å². The molecule has 3 N–H and O–H groups in total. The minimum Gasteiger partial charge on any atom is -0.373 e. The molecule has 0 aliphatic heterocycles. The Balaban J connectivity index is 1.92. The Morgan fingerprint density at radius 2 is 2.04 bits per heavy atom. The van der Waals surface area contributed by atoms with Crippen molar-refractivity contribution in [3.8, 4) is 11.9 Å². The summed E-state index contributed by atoms with van der Waals surface area (Å²) in [6.07, 6.45) is 1.28. The lowest BCUT2D eigenvalue weighted by atomic mass is 10.1. The third kappa shape index (κ3) is 4.24. The van der Waals surface area contributed by atoms with Crippen molar-refractivity contribution in [3.05, 3.63) is 47.9 Å². The van der Waals surface area contributed by atoms with E-state index in [0.29, 0.717) is 17.3 Å². The van der Waals surface area contributed by atoms with Gasteiger partial charge in [0.15, 0.2) is 5.82 Å². The Hall–Kier alpha value is -3.93. The van der Waals surface area contributed by atoms with Crippen LogP contribution < -0.4 is 16.0 Å². The van der Waals surface area contributed by atoms with Gasteiger partial charge in [0.1, 0.15) is 24.4 Å². The maximum Gasteiger partial charge on any atom is 0.238 e. The van der Waals surface area contributed by atoms with Crippen LogP contribution in [-0.2, 0) is 4.79 Å². The molecule has 3 rings (SSSR count). The molecule has 0 saturated heterocycles. The molecule has 1 amide bonds. The van der Waals surface area contributed by atoms with Crippen molar-refractivity contribution in [1.29, 1.82) is 5.26 Å². The molecule has 0 unspecified atom stereocenters. The molecule has 0 aliphatic carbocycles. The number of aryl methyl sites for hydroxylation is 2. The van der Waals surface area contributed by atoms with Gasteiger partial charge in [0.25, 0.3) is 0 Å². The van der Waals surface area contributed by atoms with E-state index in [-0.39, 0.29) is 12.3 Å². The number of hydrogen-bond acceptors (Lipinski definition) is 7.